The van der Waals surface area contributed by atoms with Crippen LogP contribution in [0.25, 0.3) is 33.2 Å². The Kier molecular flexibility index (Phi) is 7.17. The molecule has 0 aliphatic heterocycles. The lowest BCUT2D eigenvalue weighted by molar-refractivity contribution is 0.0699. The summed E-state index contributed by atoms with van der Waals surface area (Å²) in [5.74, 6) is 0.509. The van der Waals surface area contributed by atoms with Crippen molar-refractivity contribution in [2.45, 2.75) is 26.4 Å². The normalized spacial score (nSPS) is 11.1. The molecule has 0 spiro atoms. The van der Waals surface area contributed by atoms with Gasteiger partial charge in [-0.05, 0) is 64.7 Å². The molecule has 0 bridgehead atoms. The Hall–Kier alpha value is -3.80. The molecule has 0 saturated carbocycles. The highest BCUT2D eigenvalue weighted by Crippen LogP contribution is 2.37. The van der Waals surface area contributed by atoms with Crippen LogP contribution in [0.1, 0.15) is 35.0 Å². The molecule has 4 aromatic carbocycles. The second-order valence-corrected chi connectivity index (χ2v) is 9.45. The van der Waals surface area contributed by atoms with Gasteiger partial charge < -0.3 is 14.4 Å². The number of fused-ring (bicyclic) bond motifs is 1. The van der Waals surface area contributed by atoms with Crippen molar-refractivity contribution in [3.8, 4) is 28.1 Å². The van der Waals surface area contributed by atoms with Crippen molar-refractivity contribution in [2.24, 2.45) is 0 Å². The Morgan fingerprint density at radius 3 is 2.35 bits per heavy atom. The van der Waals surface area contributed by atoms with E-state index in [1.54, 1.807) is 30.3 Å². The van der Waals surface area contributed by atoms with Gasteiger partial charge in [-0.25, -0.2) is 4.79 Å². The number of hydrogen-bond donors (Lipinski definition) is 1. The van der Waals surface area contributed by atoms with Gasteiger partial charge in [0, 0.05) is 12.0 Å². The Labute approximate surface area is 224 Å². The first kappa shape index (κ1) is 24.9. The highest BCUT2D eigenvalue weighted by atomic mass is 35.5. The minimum atomic E-state index is -0.935. The van der Waals surface area contributed by atoms with Crippen molar-refractivity contribution in [2.75, 3.05) is 0 Å². The Balaban J connectivity index is 1.39. The zero-order valence-electron chi connectivity index (χ0n) is 20.0. The molecule has 1 heterocycles. The summed E-state index contributed by atoms with van der Waals surface area (Å²) < 4.78 is 11.8. The van der Waals surface area contributed by atoms with Crippen LogP contribution in [0.4, 0.5) is 0 Å². The monoisotopic (exact) mass is 531 g/mol. The van der Waals surface area contributed by atoms with Crippen LogP contribution in [0.5, 0.6) is 5.75 Å². The van der Waals surface area contributed by atoms with Gasteiger partial charge in [-0.2, -0.15) is 0 Å². The summed E-state index contributed by atoms with van der Waals surface area (Å²) in [6, 6.07) is 24.2. The number of carboxylic acid groups (broad SMARTS) is 1. The molecule has 7 heteroatoms. The molecule has 0 amide bonds. The van der Waals surface area contributed by atoms with E-state index in [2.05, 4.69) is 12.1 Å². The molecule has 0 fully saturated rings. The number of rotatable bonds is 8. The van der Waals surface area contributed by atoms with Crippen LogP contribution in [0.3, 0.4) is 0 Å². The number of ether oxygens (including phenoxy) is 1. The fourth-order valence-electron chi connectivity index (χ4n) is 4.38. The largest absolute Gasteiger partial charge is 0.489 e. The lowest BCUT2D eigenvalue weighted by Crippen LogP contribution is -2.00. The van der Waals surface area contributed by atoms with Crippen LogP contribution in [0, 0.1) is 0 Å². The standard InChI is InChI=1S/C30H23Cl2NO4/c1-2-5-27-24(29(33-37-27)28-25(31)8-4-9-26(28)32)17-36-21-13-10-18(11-14-21)19-12-15-22-20(16-19)6-3-7-23(22)30(34)35/h3-4,6-16H,2,5,17H2,1H3,(H,34,35). The number of benzene rings is 4. The zero-order chi connectivity index (χ0) is 25.9. The van der Waals surface area contributed by atoms with Crippen LogP contribution in [-0.2, 0) is 13.0 Å². The number of aryl methyl sites for hydroxylation is 1. The second kappa shape index (κ2) is 10.7. The number of nitrogens with zero attached hydrogens (tertiary/aromatic N) is 1. The fraction of sp³-hybridized carbons (Fsp3) is 0.133. The maximum Gasteiger partial charge on any atom is 0.336 e. The van der Waals surface area contributed by atoms with Gasteiger partial charge in [0.2, 0.25) is 0 Å². The number of hydrogen-bond acceptors (Lipinski definition) is 4. The SMILES string of the molecule is CCCc1onc(-c2c(Cl)cccc2Cl)c1COc1ccc(-c2ccc3c(C(=O)O)cccc3c2)cc1. The smallest absolute Gasteiger partial charge is 0.336 e. The van der Waals surface area contributed by atoms with Crippen LogP contribution >= 0.6 is 23.2 Å². The van der Waals surface area contributed by atoms with Crippen LogP contribution in [0.2, 0.25) is 10.0 Å². The van der Waals surface area contributed by atoms with Crippen molar-refractivity contribution in [1.82, 2.24) is 5.16 Å². The molecule has 5 nitrogen and oxygen atoms in total. The van der Waals surface area contributed by atoms with Gasteiger partial charge in [0.25, 0.3) is 0 Å². The molecule has 5 rings (SSSR count). The van der Waals surface area contributed by atoms with E-state index < -0.39 is 5.97 Å². The molecular formula is C30H23Cl2NO4. The molecular weight excluding hydrogens is 509 g/mol. The highest BCUT2D eigenvalue weighted by Gasteiger charge is 2.22. The van der Waals surface area contributed by atoms with Crippen LogP contribution in [-0.4, -0.2) is 16.2 Å². The quantitative estimate of drug-likeness (QED) is 0.216. The van der Waals surface area contributed by atoms with Crippen LogP contribution < -0.4 is 4.74 Å². The molecule has 0 radical (unpaired) electrons. The van der Waals surface area contributed by atoms with Crippen LogP contribution in [0.15, 0.2) is 83.4 Å². The van der Waals surface area contributed by atoms with Crippen molar-refractivity contribution < 1.29 is 19.2 Å². The maximum atomic E-state index is 11.5. The van der Waals surface area contributed by atoms with Gasteiger partial charge in [-0.1, -0.05) is 77.7 Å². The average Bonchev–Trinajstić information content (AvgIpc) is 3.29. The fourth-order valence-corrected chi connectivity index (χ4v) is 4.96. The van der Waals surface area contributed by atoms with E-state index in [1.165, 1.54) is 0 Å². The molecule has 0 unspecified atom stereocenters. The van der Waals surface area contributed by atoms with Crippen molar-refractivity contribution in [3.05, 3.63) is 106 Å². The molecule has 37 heavy (non-hydrogen) atoms. The summed E-state index contributed by atoms with van der Waals surface area (Å²) in [5.41, 5.74) is 4.32. The molecule has 5 aromatic rings. The summed E-state index contributed by atoms with van der Waals surface area (Å²) in [6.07, 6.45) is 1.62. The maximum absolute atomic E-state index is 11.5. The predicted octanol–water partition coefficient (Wildman–Crippen LogP) is 8.70. The van der Waals surface area contributed by atoms with E-state index in [1.807, 2.05) is 48.5 Å². The van der Waals surface area contributed by atoms with Crippen molar-refractivity contribution in [1.29, 1.82) is 0 Å². The minimum absolute atomic E-state index is 0.253. The Morgan fingerprint density at radius 2 is 1.65 bits per heavy atom. The lowest BCUT2D eigenvalue weighted by atomic mass is 9.98. The molecule has 1 N–H and O–H groups in total. The summed E-state index contributed by atoms with van der Waals surface area (Å²) in [5, 5.41) is 16.3. The summed E-state index contributed by atoms with van der Waals surface area (Å²) in [6.45, 7) is 2.33. The highest BCUT2D eigenvalue weighted by molar-refractivity contribution is 6.39. The van der Waals surface area contributed by atoms with Gasteiger partial charge in [0.05, 0.1) is 21.2 Å². The first-order valence-corrected chi connectivity index (χ1v) is 12.6. The van der Waals surface area contributed by atoms with E-state index >= 15 is 0 Å². The third kappa shape index (κ3) is 5.06. The first-order valence-electron chi connectivity index (χ1n) is 11.9. The van der Waals surface area contributed by atoms with E-state index in [0.29, 0.717) is 38.0 Å². The predicted molar refractivity (Wildman–Crippen MR) is 147 cm³/mol. The second-order valence-electron chi connectivity index (χ2n) is 8.64. The summed E-state index contributed by atoms with van der Waals surface area (Å²) >= 11 is 12.9. The van der Waals surface area contributed by atoms with E-state index in [9.17, 15) is 9.90 Å². The molecule has 186 valence electrons. The molecule has 0 aliphatic rings. The third-order valence-electron chi connectivity index (χ3n) is 6.23. The number of aromatic nitrogens is 1. The molecule has 1 aromatic heterocycles. The van der Waals surface area contributed by atoms with Gasteiger partial charge >= 0.3 is 5.97 Å². The Morgan fingerprint density at radius 1 is 0.946 bits per heavy atom. The topological polar surface area (TPSA) is 72.6 Å². The number of aromatic carboxylic acids is 1. The van der Waals surface area contributed by atoms with Gasteiger partial charge in [-0.3, -0.25) is 0 Å². The van der Waals surface area contributed by atoms with Gasteiger partial charge in [0.1, 0.15) is 23.8 Å². The van der Waals surface area contributed by atoms with E-state index in [-0.39, 0.29) is 6.61 Å². The Bertz CT molecular complexity index is 1570. The number of halogens is 2. The minimum Gasteiger partial charge on any atom is -0.489 e. The van der Waals surface area contributed by atoms with Gasteiger partial charge in [0.15, 0.2) is 0 Å². The average molecular weight is 532 g/mol. The van der Waals surface area contributed by atoms with Crippen molar-refractivity contribution >= 4 is 39.9 Å². The zero-order valence-corrected chi connectivity index (χ0v) is 21.5. The van der Waals surface area contributed by atoms with E-state index in [0.717, 1.165) is 40.7 Å². The molecule has 0 saturated heterocycles. The molecule has 0 atom stereocenters. The third-order valence-corrected chi connectivity index (χ3v) is 6.86. The lowest BCUT2D eigenvalue weighted by Gasteiger charge is -2.11. The van der Waals surface area contributed by atoms with Crippen molar-refractivity contribution in [3.63, 3.8) is 0 Å². The van der Waals surface area contributed by atoms with Gasteiger partial charge in [-0.15, -0.1) is 0 Å². The summed E-state index contributed by atoms with van der Waals surface area (Å²) in [4.78, 5) is 11.5. The summed E-state index contributed by atoms with van der Waals surface area (Å²) in [7, 11) is 0. The number of carbonyl (C=O) groups is 1. The number of carboxylic acids is 1. The molecule has 0 aliphatic carbocycles. The first-order chi connectivity index (χ1) is 18.0. The van der Waals surface area contributed by atoms with E-state index in [4.69, 9.17) is 32.5 Å².